The first kappa shape index (κ1) is 25.6. The summed E-state index contributed by atoms with van der Waals surface area (Å²) in [5.74, 6) is 0.869. The Balaban J connectivity index is 1.50. The number of pyridine rings is 1. The van der Waals surface area contributed by atoms with E-state index in [9.17, 15) is 9.59 Å². The van der Waals surface area contributed by atoms with Crippen LogP contribution in [0.25, 0.3) is 22.3 Å². The van der Waals surface area contributed by atoms with Gasteiger partial charge in [-0.2, -0.15) is 0 Å². The molecule has 0 bridgehead atoms. The molecule has 1 aromatic heterocycles. The molecule has 6 heteroatoms. The summed E-state index contributed by atoms with van der Waals surface area (Å²) in [5, 5.41) is 6.00. The third-order valence-electron chi connectivity index (χ3n) is 6.92. The van der Waals surface area contributed by atoms with Crippen molar-refractivity contribution in [2.45, 2.75) is 64.5 Å². The maximum absolute atomic E-state index is 12.8. The average molecular weight is 485 g/mol. The quantitative estimate of drug-likeness (QED) is 0.405. The second-order valence-electron chi connectivity index (χ2n) is 10.5. The molecule has 3 aromatic rings. The van der Waals surface area contributed by atoms with Gasteiger partial charge in [-0.15, -0.1) is 0 Å². The van der Waals surface area contributed by atoms with E-state index in [-0.39, 0.29) is 17.9 Å². The van der Waals surface area contributed by atoms with Crippen molar-refractivity contribution < 1.29 is 9.59 Å². The van der Waals surface area contributed by atoms with Crippen LogP contribution in [0.15, 0.2) is 66.9 Å². The number of aromatic nitrogens is 1. The summed E-state index contributed by atoms with van der Waals surface area (Å²) in [4.78, 5) is 28.7. The lowest BCUT2D eigenvalue weighted by atomic mass is 9.84. The molecule has 2 amide bonds. The van der Waals surface area contributed by atoms with Crippen LogP contribution in [0.4, 0.5) is 5.82 Å². The molecule has 6 nitrogen and oxygen atoms in total. The topological polar surface area (TPSA) is 97.1 Å². The molecule has 0 aliphatic heterocycles. The van der Waals surface area contributed by atoms with E-state index in [1.165, 1.54) is 0 Å². The van der Waals surface area contributed by atoms with E-state index in [0.29, 0.717) is 18.2 Å². The van der Waals surface area contributed by atoms with Crippen LogP contribution in [0.1, 0.15) is 58.4 Å². The summed E-state index contributed by atoms with van der Waals surface area (Å²) in [5.41, 5.74) is 11.0. The fourth-order valence-electron chi connectivity index (χ4n) is 4.94. The number of anilines is 1. The monoisotopic (exact) mass is 484 g/mol. The highest BCUT2D eigenvalue weighted by Crippen LogP contribution is 2.34. The second-order valence-corrected chi connectivity index (χ2v) is 10.5. The standard InChI is InChI=1S/C30H36N4O2/c1-20(35)33-25-15-9-21(10-16-25)17-29(36)34-28-18-26(22-7-5-4-6-8-22)27(19-32-28)23-11-13-24(14-12-23)30(2,3)31/h4-8,11-14,18-19,21,25H,9-10,15-17,31H2,1-3H3,(H,33,35)(H,32,34,36). The van der Waals surface area contributed by atoms with Gasteiger partial charge < -0.3 is 16.4 Å². The maximum Gasteiger partial charge on any atom is 0.225 e. The van der Waals surface area contributed by atoms with E-state index < -0.39 is 5.54 Å². The van der Waals surface area contributed by atoms with Crippen molar-refractivity contribution in [3.05, 3.63) is 72.4 Å². The van der Waals surface area contributed by atoms with Crippen molar-refractivity contribution in [2.24, 2.45) is 11.7 Å². The minimum absolute atomic E-state index is 0.0131. The zero-order chi connectivity index (χ0) is 25.7. The maximum atomic E-state index is 12.8. The lowest BCUT2D eigenvalue weighted by Gasteiger charge is -2.28. The number of nitrogens with one attached hydrogen (secondary N) is 2. The Morgan fingerprint density at radius 3 is 2.19 bits per heavy atom. The number of nitrogens with two attached hydrogens (primary N) is 1. The summed E-state index contributed by atoms with van der Waals surface area (Å²) in [6.07, 6.45) is 6.02. The van der Waals surface area contributed by atoms with Gasteiger partial charge in [0, 0.05) is 36.7 Å². The van der Waals surface area contributed by atoms with Gasteiger partial charge in [-0.1, -0.05) is 54.6 Å². The highest BCUT2D eigenvalue weighted by molar-refractivity contribution is 5.92. The molecule has 1 heterocycles. The number of amides is 2. The van der Waals surface area contributed by atoms with Crippen molar-refractivity contribution in [3.63, 3.8) is 0 Å². The van der Waals surface area contributed by atoms with Crippen LogP contribution in [0.3, 0.4) is 0 Å². The fraction of sp³-hybridized carbons (Fsp3) is 0.367. The Bertz CT molecular complexity index is 1190. The zero-order valence-corrected chi connectivity index (χ0v) is 21.4. The van der Waals surface area contributed by atoms with Crippen molar-refractivity contribution in [3.8, 4) is 22.3 Å². The summed E-state index contributed by atoms with van der Waals surface area (Å²) in [7, 11) is 0. The van der Waals surface area contributed by atoms with Gasteiger partial charge in [0.25, 0.3) is 0 Å². The molecule has 4 rings (SSSR count). The van der Waals surface area contributed by atoms with Crippen LogP contribution in [-0.2, 0) is 15.1 Å². The van der Waals surface area contributed by atoms with Crippen LogP contribution in [-0.4, -0.2) is 22.8 Å². The van der Waals surface area contributed by atoms with E-state index >= 15 is 0 Å². The first-order chi connectivity index (χ1) is 17.2. The highest BCUT2D eigenvalue weighted by atomic mass is 16.2. The number of hydrogen-bond acceptors (Lipinski definition) is 4. The molecular weight excluding hydrogens is 448 g/mol. The van der Waals surface area contributed by atoms with E-state index in [2.05, 4.69) is 52.0 Å². The number of hydrogen-bond donors (Lipinski definition) is 3. The predicted molar refractivity (Wildman–Crippen MR) is 145 cm³/mol. The van der Waals surface area contributed by atoms with Gasteiger partial charge in [0.1, 0.15) is 5.82 Å². The smallest absolute Gasteiger partial charge is 0.225 e. The van der Waals surface area contributed by atoms with E-state index in [1.807, 2.05) is 44.3 Å². The minimum atomic E-state index is -0.406. The molecule has 188 valence electrons. The van der Waals surface area contributed by atoms with E-state index in [0.717, 1.165) is 53.5 Å². The number of benzene rings is 2. The number of nitrogens with zero attached hydrogens (tertiary/aromatic N) is 1. The third kappa shape index (κ3) is 6.58. The Morgan fingerprint density at radius 2 is 1.58 bits per heavy atom. The molecule has 1 saturated carbocycles. The summed E-state index contributed by atoms with van der Waals surface area (Å²) in [6, 6.07) is 20.6. The van der Waals surface area contributed by atoms with Crippen molar-refractivity contribution in [2.75, 3.05) is 5.32 Å². The van der Waals surface area contributed by atoms with Crippen molar-refractivity contribution in [1.29, 1.82) is 0 Å². The van der Waals surface area contributed by atoms with E-state index in [4.69, 9.17) is 5.73 Å². The SMILES string of the molecule is CC(=O)NC1CCC(CC(=O)Nc2cc(-c3ccccc3)c(-c3ccc(C(C)(C)N)cc3)cn2)CC1. The molecule has 0 saturated heterocycles. The first-order valence-electron chi connectivity index (χ1n) is 12.7. The molecule has 0 radical (unpaired) electrons. The molecule has 4 N–H and O–H groups in total. The van der Waals surface area contributed by atoms with E-state index in [1.54, 1.807) is 6.92 Å². The van der Waals surface area contributed by atoms with Gasteiger partial charge in [-0.3, -0.25) is 9.59 Å². The molecule has 0 unspecified atom stereocenters. The third-order valence-corrected chi connectivity index (χ3v) is 6.92. The van der Waals surface area contributed by atoms with Gasteiger partial charge in [0.05, 0.1) is 0 Å². The highest BCUT2D eigenvalue weighted by Gasteiger charge is 2.24. The molecule has 0 atom stereocenters. The summed E-state index contributed by atoms with van der Waals surface area (Å²) in [6.45, 7) is 5.54. The Hall–Kier alpha value is -3.51. The molecule has 1 fully saturated rings. The summed E-state index contributed by atoms with van der Waals surface area (Å²) >= 11 is 0. The van der Waals surface area contributed by atoms with Gasteiger partial charge in [0.2, 0.25) is 11.8 Å². The Morgan fingerprint density at radius 1 is 0.944 bits per heavy atom. The van der Waals surface area contributed by atoms with Crippen LogP contribution < -0.4 is 16.4 Å². The Labute approximate surface area is 213 Å². The molecular formula is C30H36N4O2. The summed E-state index contributed by atoms with van der Waals surface area (Å²) < 4.78 is 0. The number of rotatable bonds is 7. The van der Waals surface area contributed by atoms with Crippen LogP contribution >= 0.6 is 0 Å². The largest absolute Gasteiger partial charge is 0.354 e. The second kappa shape index (κ2) is 11.0. The van der Waals surface area contributed by atoms with Crippen LogP contribution in [0.5, 0.6) is 0 Å². The lowest BCUT2D eigenvalue weighted by Crippen LogP contribution is -2.36. The van der Waals surface area contributed by atoms with Crippen molar-refractivity contribution in [1.82, 2.24) is 10.3 Å². The minimum Gasteiger partial charge on any atom is -0.354 e. The van der Waals surface area contributed by atoms with Gasteiger partial charge >= 0.3 is 0 Å². The molecule has 1 aliphatic rings. The normalized spacial score (nSPS) is 17.9. The fourth-order valence-corrected chi connectivity index (χ4v) is 4.94. The van der Waals surface area contributed by atoms with Crippen LogP contribution in [0.2, 0.25) is 0 Å². The van der Waals surface area contributed by atoms with Gasteiger partial charge in [-0.05, 0) is 73.8 Å². The van der Waals surface area contributed by atoms with Gasteiger partial charge in [0.15, 0.2) is 0 Å². The average Bonchev–Trinajstić information content (AvgIpc) is 2.85. The molecule has 0 spiro atoms. The number of carbonyl (C=O) groups excluding carboxylic acids is 2. The van der Waals surface area contributed by atoms with Crippen LogP contribution in [0, 0.1) is 5.92 Å². The first-order valence-corrected chi connectivity index (χ1v) is 12.7. The Kier molecular flexibility index (Phi) is 7.85. The molecule has 1 aliphatic carbocycles. The molecule has 2 aromatic carbocycles. The zero-order valence-electron chi connectivity index (χ0n) is 21.4. The van der Waals surface area contributed by atoms with Gasteiger partial charge in [-0.25, -0.2) is 4.98 Å². The van der Waals surface area contributed by atoms with Crippen molar-refractivity contribution >= 4 is 17.6 Å². The lowest BCUT2D eigenvalue weighted by molar-refractivity contribution is -0.120. The molecule has 36 heavy (non-hydrogen) atoms. The number of carbonyl (C=O) groups is 2. The predicted octanol–water partition coefficient (Wildman–Crippen LogP) is 5.63.